The van der Waals surface area contributed by atoms with E-state index in [1.807, 2.05) is 0 Å². The molecule has 1 aromatic heterocycles. The van der Waals surface area contributed by atoms with Crippen LogP contribution in [0.3, 0.4) is 0 Å². The summed E-state index contributed by atoms with van der Waals surface area (Å²) in [4.78, 5) is 14.9. The van der Waals surface area contributed by atoms with Crippen molar-refractivity contribution in [1.29, 1.82) is 0 Å². The zero-order chi connectivity index (χ0) is 22.7. The third-order valence-corrected chi connectivity index (χ3v) is 3.00. The molecule has 1 aliphatic rings. The van der Waals surface area contributed by atoms with E-state index in [9.17, 15) is 4.79 Å². The molecule has 112 valence electrons. The number of fused-ring (bicyclic) bond motifs is 1. The molecule has 21 heavy (non-hydrogen) atoms. The van der Waals surface area contributed by atoms with E-state index in [-0.39, 0.29) is 22.7 Å². The average molecular weight is 296 g/mol. The van der Waals surface area contributed by atoms with Crippen LogP contribution in [-0.2, 0) is 17.5 Å². The van der Waals surface area contributed by atoms with Crippen LogP contribution in [0.4, 0.5) is 4.79 Å². The molecule has 2 N–H and O–H groups in total. The van der Waals surface area contributed by atoms with Gasteiger partial charge in [-0.15, -0.1) is 0 Å². The minimum absolute atomic E-state index is 0.0176. The number of carbonyl (C=O) groups excluding carboxylic acids is 1. The molecule has 0 bridgehead atoms. The first-order valence-corrected chi connectivity index (χ1v) is 6.38. The Bertz CT molecular complexity index is 988. The molecule has 1 saturated heterocycles. The highest BCUT2D eigenvalue weighted by Crippen LogP contribution is 2.21. The van der Waals surface area contributed by atoms with Crippen molar-refractivity contribution >= 4 is 17.0 Å². The minimum Gasteiger partial charge on any atom is -0.447 e. The monoisotopic (exact) mass is 296 g/mol. The SMILES string of the molecule is [2H]c1[nH]c2ccc(C([2H])([2H])[C@@]3([2H])COC(=O)N3)cc2c1C([2H])([2H])CN(C)C([2H])([2H])[2H]. The summed E-state index contributed by atoms with van der Waals surface area (Å²) in [6.07, 6.45) is -5.81. The standard InChI is InChI=1S/C16H21N3O2/c1-19(2)6-5-12-9-17-15-4-3-11(8-14(12)15)7-13-10-21-16(20)18-13/h3-4,8-9,13,17H,5-7,10H2,1-2H3,(H,18,20)/t13-/m0/s1/i1D3,5D2,7D2,9D,13D. The number of rotatable bonds is 5. The van der Waals surface area contributed by atoms with Crippen molar-refractivity contribution in [3.05, 3.63) is 35.5 Å². The van der Waals surface area contributed by atoms with E-state index >= 15 is 0 Å². The Morgan fingerprint density at radius 1 is 1.67 bits per heavy atom. The van der Waals surface area contributed by atoms with Gasteiger partial charge in [0, 0.05) is 33.2 Å². The zero-order valence-corrected chi connectivity index (χ0v) is 11.4. The number of ether oxygens (including phenoxy) is 1. The highest BCUT2D eigenvalue weighted by Gasteiger charge is 2.22. The molecule has 0 radical (unpaired) electrons. The van der Waals surface area contributed by atoms with E-state index in [2.05, 4.69) is 15.0 Å². The van der Waals surface area contributed by atoms with E-state index < -0.39 is 45.0 Å². The number of carbonyl (C=O) groups is 1. The summed E-state index contributed by atoms with van der Waals surface area (Å²) in [6.45, 7) is -3.56. The summed E-state index contributed by atoms with van der Waals surface area (Å²) in [7, 11) is 1.25. The summed E-state index contributed by atoms with van der Waals surface area (Å²) >= 11 is 0. The number of nitrogens with one attached hydrogen (secondary N) is 2. The van der Waals surface area contributed by atoms with Crippen molar-refractivity contribution in [2.45, 2.75) is 18.8 Å². The van der Waals surface area contributed by atoms with Gasteiger partial charge in [0.15, 0.2) is 0 Å². The molecule has 1 fully saturated rings. The molecule has 2 aromatic rings. The van der Waals surface area contributed by atoms with Gasteiger partial charge in [0.05, 0.1) is 8.76 Å². The molecule has 0 unspecified atom stereocenters. The van der Waals surface area contributed by atoms with Gasteiger partial charge in [0.25, 0.3) is 0 Å². The summed E-state index contributed by atoms with van der Waals surface area (Å²) in [6, 6.07) is 2.06. The number of amides is 1. The van der Waals surface area contributed by atoms with Gasteiger partial charge in [-0.25, -0.2) is 4.79 Å². The second-order valence-electron chi connectivity index (χ2n) is 4.72. The predicted molar refractivity (Wildman–Crippen MR) is 82.5 cm³/mol. The zero-order valence-electron chi connectivity index (χ0n) is 20.4. The van der Waals surface area contributed by atoms with Gasteiger partial charge in [0.1, 0.15) is 6.61 Å². The quantitative estimate of drug-likeness (QED) is 0.886. The normalized spacial score (nSPS) is 30.0. The van der Waals surface area contributed by atoms with Gasteiger partial charge >= 0.3 is 6.09 Å². The Morgan fingerprint density at radius 3 is 3.33 bits per heavy atom. The lowest BCUT2D eigenvalue weighted by atomic mass is 10.0. The number of nitrogens with zero attached hydrogens (tertiary/aromatic N) is 1. The first kappa shape index (κ1) is 6.83. The van der Waals surface area contributed by atoms with Crippen LogP contribution >= 0.6 is 0 Å². The van der Waals surface area contributed by atoms with Gasteiger partial charge in [0.2, 0.25) is 0 Å². The first-order valence-electron chi connectivity index (χ1n) is 10.9. The smallest absolute Gasteiger partial charge is 0.407 e. The number of H-pyrrole nitrogens is 1. The number of benzene rings is 1. The Hall–Kier alpha value is -2.01. The van der Waals surface area contributed by atoms with E-state index in [0.717, 1.165) is 4.90 Å². The first-order chi connectivity index (χ1) is 13.6. The van der Waals surface area contributed by atoms with Gasteiger partial charge in [-0.1, -0.05) is 6.07 Å². The van der Waals surface area contributed by atoms with Crippen LogP contribution in [-0.4, -0.2) is 49.2 Å². The van der Waals surface area contributed by atoms with E-state index in [1.54, 1.807) is 0 Å². The molecule has 2 heterocycles. The average Bonchev–Trinajstić information content (AvgIpc) is 3.12. The number of likely N-dealkylation sites (N-methyl/N-ethyl adjacent to an activating group) is 1. The summed E-state index contributed by atoms with van der Waals surface area (Å²) in [5.41, 5.74) is 0.230. The van der Waals surface area contributed by atoms with E-state index in [0.29, 0.717) is 5.52 Å². The van der Waals surface area contributed by atoms with Crippen LogP contribution in [0.15, 0.2) is 24.4 Å². The van der Waals surface area contributed by atoms with Gasteiger partial charge in [-0.2, -0.15) is 0 Å². The third-order valence-electron chi connectivity index (χ3n) is 3.00. The maximum atomic E-state index is 11.4. The number of aromatic nitrogens is 1. The predicted octanol–water partition coefficient (Wildman–Crippen LogP) is 1.92. The van der Waals surface area contributed by atoms with Crippen molar-refractivity contribution in [3.8, 4) is 0 Å². The molecule has 5 heteroatoms. The highest BCUT2D eigenvalue weighted by molar-refractivity contribution is 5.84. The Balaban J connectivity index is 2.08. The molecule has 1 aromatic carbocycles. The van der Waals surface area contributed by atoms with Crippen LogP contribution in [0.1, 0.15) is 23.5 Å². The second-order valence-corrected chi connectivity index (χ2v) is 4.72. The van der Waals surface area contributed by atoms with Gasteiger partial charge in [-0.3, -0.25) is 0 Å². The fourth-order valence-electron chi connectivity index (χ4n) is 2.05. The van der Waals surface area contributed by atoms with Crippen LogP contribution in [0, 0.1) is 0 Å². The van der Waals surface area contributed by atoms with Crippen molar-refractivity contribution < 1.29 is 21.9 Å². The molecular weight excluding hydrogens is 266 g/mol. The summed E-state index contributed by atoms with van der Waals surface area (Å²) in [5.74, 6) is 0. The molecule has 0 aliphatic carbocycles. The maximum absolute atomic E-state index is 11.4. The summed E-state index contributed by atoms with van der Waals surface area (Å²) < 4.78 is 77.0. The van der Waals surface area contributed by atoms with Crippen LogP contribution < -0.4 is 5.32 Å². The van der Waals surface area contributed by atoms with Crippen LogP contribution in [0.5, 0.6) is 0 Å². The number of alkyl carbamates (subject to hydrolysis) is 1. The molecular formula is C16H21N3O2. The van der Waals surface area contributed by atoms with Crippen LogP contribution in [0.2, 0.25) is 0 Å². The molecule has 1 aliphatic heterocycles. The minimum atomic E-state index is -2.53. The number of hydrogen-bond donors (Lipinski definition) is 2. The Labute approximate surface area is 136 Å². The van der Waals surface area contributed by atoms with Gasteiger partial charge in [-0.05, 0) is 50.0 Å². The van der Waals surface area contributed by atoms with Gasteiger partial charge < -0.3 is 19.9 Å². The lowest BCUT2D eigenvalue weighted by Crippen LogP contribution is -2.28. The van der Waals surface area contributed by atoms with E-state index in [4.69, 9.17) is 12.3 Å². The number of cyclic esters (lactones) is 1. The molecule has 0 spiro atoms. The fraction of sp³-hybridized carbons (Fsp3) is 0.438. The lowest BCUT2D eigenvalue weighted by Gasteiger charge is -2.09. The molecule has 0 saturated carbocycles. The summed E-state index contributed by atoms with van der Waals surface area (Å²) in [5, 5.41) is 2.35. The largest absolute Gasteiger partial charge is 0.447 e. The van der Waals surface area contributed by atoms with Crippen molar-refractivity contribution in [2.75, 3.05) is 27.2 Å². The molecule has 5 nitrogen and oxygen atoms in total. The highest BCUT2D eigenvalue weighted by atomic mass is 16.6. The molecule has 1 atom stereocenters. The molecule has 1 amide bonds. The third kappa shape index (κ3) is 3.19. The molecule has 3 rings (SSSR count). The van der Waals surface area contributed by atoms with Crippen LogP contribution in [0.25, 0.3) is 10.9 Å². The second kappa shape index (κ2) is 5.77. The Kier molecular flexibility index (Phi) is 1.88. The number of aromatic amines is 1. The van der Waals surface area contributed by atoms with Crippen molar-refractivity contribution in [2.24, 2.45) is 0 Å². The van der Waals surface area contributed by atoms with Crippen molar-refractivity contribution in [3.63, 3.8) is 0 Å². The lowest BCUT2D eigenvalue weighted by molar-refractivity contribution is 0.177. The van der Waals surface area contributed by atoms with E-state index in [1.165, 1.54) is 25.2 Å². The van der Waals surface area contributed by atoms with Crippen molar-refractivity contribution in [1.82, 2.24) is 15.2 Å². The topological polar surface area (TPSA) is 57.4 Å². The number of hydrogen-bond acceptors (Lipinski definition) is 3. The fourth-order valence-corrected chi connectivity index (χ4v) is 2.05. The maximum Gasteiger partial charge on any atom is 0.407 e. The Morgan fingerprint density at radius 2 is 2.57 bits per heavy atom.